The maximum absolute atomic E-state index is 12.0. The largest absolute Gasteiger partial charge is 0.405 e. The molecule has 1 unspecified atom stereocenters. The molecule has 2 aliphatic heterocycles. The van der Waals surface area contributed by atoms with E-state index in [1.165, 1.54) is 29.3 Å². The predicted octanol–water partition coefficient (Wildman–Crippen LogP) is 3.78. The molecule has 2 saturated heterocycles. The summed E-state index contributed by atoms with van der Waals surface area (Å²) in [6.45, 7) is 7.10. The monoisotopic (exact) mass is 492 g/mol. The molecule has 3 rings (SSSR count). The van der Waals surface area contributed by atoms with Crippen LogP contribution in [0.25, 0.3) is 5.70 Å². The number of piperidine rings is 1. The highest BCUT2D eigenvalue weighted by Gasteiger charge is 2.32. The van der Waals surface area contributed by atoms with E-state index in [-0.39, 0.29) is 5.92 Å². The Morgan fingerprint density at radius 1 is 1.21 bits per heavy atom. The van der Waals surface area contributed by atoms with Crippen molar-refractivity contribution in [1.82, 2.24) is 14.5 Å². The third-order valence-corrected chi connectivity index (χ3v) is 8.25. The number of hydrogen-bond acceptors (Lipinski definition) is 5. The zero-order chi connectivity index (χ0) is 23.8. The van der Waals surface area contributed by atoms with Crippen LogP contribution < -0.4 is 11.1 Å². The summed E-state index contributed by atoms with van der Waals surface area (Å²) in [6.07, 6.45) is 13.6. The topological polar surface area (TPSA) is 78.7 Å². The molecule has 2 aliphatic rings. The van der Waals surface area contributed by atoms with Crippen molar-refractivity contribution in [2.45, 2.75) is 32.1 Å². The number of hydrogen-bond donors (Lipinski definition) is 2. The molecule has 1 aromatic carbocycles. The van der Waals surface area contributed by atoms with Gasteiger partial charge in [-0.3, -0.25) is 0 Å². The number of halogens is 1. The van der Waals surface area contributed by atoms with Crippen molar-refractivity contribution < 1.29 is 8.42 Å². The molecular formula is C25H37ClN4O2S. The first-order chi connectivity index (χ1) is 15.8. The van der Waals surface area contributed by atoms with Gasteiger partial charge in [0.15, 0.2) is 0 Å². The van der Waals surface area contributed by atoms with Gasteiger partial charge in [-0.2, -0.15) is 0 Å². The Balaban J connectivity index is 1.96. The van der Waals surface area contributed by atoms with E-state index in [0.29, 0.717) is 19.0 Å². The van der Waals surface area contributed by atoms with Gasteiger partial charge in [0.1, 0.15) is 0 Å². The lowest BCUT2D eigenvalue weighted by Crippen LogP contribution is -2.42. The lowest BCUT2D eigenvalue weighted by Gasteiger charge is -2.37. The predicted molar refractivity (Wildman–Crippen MR) is 139 cm³/mol. The van der Waals surface area contributed by atoms with Crippen molar-refractivity contribution in [3.05, 3.63) is 64.9 Å². The van der Waals surface area contributed by atoms with Gasteiger partial charge >= 0.3 is 0 Å². The highest BCUT2D eigenvalue weighted by atomic mass is 35.5. The smallest absolute Gasteiger partial charge is 0.211 e. The van der Waals surface area contributed by atoms with Crippen LogP contribution in [0.3, 0.4) is 0 Å². The normalized spacial score (nSPS) is 20.7. The van der Waals surface area contributed by atoms with Gasteiger partial charge in [-0.1, -0.05) is 35.9 Å². The molecule has 0 aromatic heterocycles. The average molecular weight is 493 g/mol. The van der Waals surface area contributed by atoms with E-state index >= 15 is 0 Å². The molecule has 0 amide bonds. The second-order valence-electron chi connectivity index (χ2n) is 8.80. The van der Waals surface area contributed by atoms with Crippen LogP contribution in [0.15, 0.2) is 48.7 Å². The van der Waals surface area contributed by atoms with Crippen LogP contribution in [0.2, 0.25) is 5.02 Å². The van der Waals surface area contributed by atoms with Gasteiger partial charge in [0.05, 0.1) is 6.26 Å². The highest BCUT2D eigenvalue weighted by Crippen LogP contribution is 2.40. The molecule has 2 heterocycles. The van der Waals surface area contributed by atoms with Crippen molar-refractivity contribution in [2.75, 3.05) is 45.5 Å². The minimum Gasteiger partial charge on any atom is -0.405 e. The summed E-state index contributed by atoms with van der Waals surface area (Å²) in [5, 5.41) is 4.16. The van der Waals surface area contributed by atoms with Crippen LogP contribution in [-0.2, 0) is 10.0 Å². The molecule has 0 saturated carbocycles. The summed E-state index contributed by atoms with van der Waals surface area (Å²) in [7, 11) is -3.15. The molecule has 6 nitrogen and oxygen atoms in total. The molecule has 0 aliphatic carbocycles. The number of nitrogens with two attached hydrogens (primary N) is 1. The second-order valence-corrected chi connectivity index (χ2v) is 11.2. The molecule has 182 valence electrons. The lowest BCUT2D eigenvalue weighted by atomic mass is 9.76. The van der Waals surface area contributed by atoms with Crippen LogP contribution in [0.1, 0.15) is 43.2 Å². The number of benzene rings is 1. The number of piperazine rings is 1. The Morgan fingerprint density at radius 2 is 1.91 bits per heavy atom. The second kappa shape index (κ2) is 12.1. The first-order valence-corrected chi connectivity index (χ1v) is 14.0. The third kappa shape index (κ3) is 6.85. The minimum absolute atomic E-state index is 0.263. The van der Waals surface area contributed by atoms with E-state index in [2.05, 4.69) is 41.4 Å². The SMILES string of the molecule is C/C=C(\c1cc(Cl)ccc1C(C/C=C\C=C/N)C1CCN(S(C)(=O)=O)CC1)N1CCNCC1. The van der Waals surface area contributed by atoms with E-state index in [4.69, 9.17) is 17.3 Å². The molecule has 33 heavy (non-hydrogen) atoms. The molecule has 2 fully saturated rings. The van der Waals surface area contributed by atoms with Crippen LogP contribution in [0, 0.1) is 5.92 Å². The maximum atomic E-state index is 12.0. The van der Waals surface area contributed by atoms with Crippen molar-refractivity contribution in [1.29, 1.82) is 0 Å². The number of sulfonamides is 1. The number of nitrogens with zero attached hydrogens (tertiary/aromatic N) is 2. The Kier molecular flexibility index (Phi) is 9.44. The molecule has 0 bridgehead atoms. The first kappa shape index (κ1) is 25.8. The van der Waals surface area contributed by atoms with Crippen LogP contribution >= 0.6 is 11.6 Å². The number of allylic oxidation sites excluding steroid dienone is 4. The number of rotatable bonds is 8. The summed E-state index contributed by atoms with van der Waals surface area (Å²) in [5.41, 5.74) is 9.20. The van der Waals surface area contributed by atoms with Gasteiger partial charge in [-0.05, 0) is 68.0 Å². The van der Waals surface area contributed by atoms with Crippen molar-refractivity contribution >= 4 is 27.3 Å². The summed E-state index contributed by atoms with van der Waals surface area (Å²) in [4.78, 5) is 2.43. The van der Waals surface area contributed by atoms with Gasteiger partial charge in [0.2, 0.25) is 10.0 Å². The summed E-state index contributed by atoms with van der Waals surface area (Å²) in [5.74, 6) is 0.648. The molecular weight excluding hydrogens is 456 g/mol. The third-order valence-electron chi connectivity index (χ3n) is 6.71. The van der Waals surface area contributed by atoms with Crippen molar-refractivity contribution in [2.24, 2.45) is 11.7 Å². The van der Waals surface area contributed by atoms with Crippen LogP contribution in [0.5, 0.6) is 0 Å². The fourth-order valence-corrected chi connectivity index (χ4v) is 6.09. The quantitative estimate of drug-likeness (QED) is 0.540. The van der Waals surface area contributed by atoms with E-state index in [1.807, 2.05) is 18.2 Å². The van der Waals surface area contributed by atoms with Gasteiger partial charge < -0.3 is 16.0 Å². The minimum atomic E-state index is -3.15. The van der Waals surface area contributed by atoms with Gasteiger partial charge in [-0.25, -0.2) is 12.7 Å². The molecule has 1 aromatic rings. The molecule has 0 radical (unpaired) electrons. The van der Waals surface area contributed by atoms with E-state index in [0.717, 1.165) is 50.5 Å². The first-order valence-electron chi connectivity index (χ1n) is 11.8. The summed E-state index contributed by atoms with van der Waals surface area (Å²) in [6, 6.07) is 6.24. The Bertz CT molecular complexity index is 976. The average Bonchev–Trinajstić information content (AvgIpc) is 2.81. The molecule has 0 spiro atoms. The Labute approximate surface area is 204 Å². The van der Waals surface area contributed by atoms with Gasteiger partial charge in [0, 0.05) is 55.6 Å². The van der Waals surface area contributed by atoms with Crippen molar-refractivity contribution in [3.8, 4) is 0 Å². The lowest BCUT2D eigenvalue weighted by molar-refractivity contribution is 0.244. The Morgan fingerprint density at radius 3 is 2.52 bits per heavy atom. The van der Waals surface area contributed by atoms with Crippen molar-refractivity contribution in [3.63, 3.8) is 0 Å². The van der Waals surface area contributed by atoms with E-state index in [1.54, 1.807) is 4.31 Å². The highest BCUT2D eigenvalue weighted by molar-refractivity contribution is 7.88. The van der Waals surface area contributed by atoms with Gasteiger partial charge in [0.25, 0.3) is 0 Å². The molecule has 3 N–H and O–H groups in total. The van der Waals surface area contributed by atoms with E-state index < -0.39 is 10.0 Å². The zero-order valence-electron chi connectivity index (χ0n) is 19.7. The van der Waals surface area contributed by atoms with E-state index in [9.17, 15) is 8.42 Å². The fraction of sp³-hybridized carbons (Fsp3) is 0.520. The summed E-state index contributed by atoms with van der Waals surface area (Å²) < 4.78 is 25.7. The molecule has 8 heteroatoms. The standard InChI is InChI=1S/C25H37ClN4O2S/c1-3-25(29-17-13-28-14-18-29)24-19-21(26)8-9-23(24)22(7-5-4-6-12-27)20-10-15-30(16-11-20)33(2,31)32/h3-6,8-9,12,19-20,22,28H,7,10-11,13-18,27H2,1-2H3/b5-4-,12-6-,25-3+. The Hall–Kier alpha value is -1.80. The summed E-state index contributed by atoms with van der Waals surface area (Å²) >= 11 is 6.49. The zero-order valence-corrected chi connectivity index (χ0v) is 21.3. The molecule has 1 atom stereocenters. The van der Waals surface area contributed by atoms with Crippen LogP contribution in [0.4, 0.5) is 0 Å². The van der Waals surface area contributed by atoms with Crippen LogP contribution in [-0.4, -0.2) is 63.1 Å². The number of nitrogens with one attached hydrogen (secondary N) is 1. The fourth-order valence-electron chi connectivity index (χ4n) is 5.04. The maximum Gasteiger partial charge on any atom is 0.211 e. The van der Waals surface area contributed by atoms with Gasteiger partial charge in [-0.15, -0.1) is 0 Å².